The van der Waals surface area contributed by atoms with Gasteiger partial charge in [0.1, 0.15) is 10.7 Å². The predicted molar refractivity (Wildman–Crippen MR) is 101 cm³/mol. The third kappa shape index (κ3) is 2.09. The van der Waals surface area contributed by atoms with E-state index in [1.807, 2.05) is 30.3 Å². The second kappa shape index (κ2) is 5.36. The van der Waals surface area contributed by atoms with Crippen LogP contribution in [0.25, 0.3) is 42.7 Å². The summed E-state index contributed by atoms with van der Waals surface area (Å²) in [6, 6.07) is 17.6. The number of imidazole rings is 1. The van der Waals surface area contributed by atoms with Crippen LogP contribution >= 0.6 is 11.3 Å². The summed E-state index contributed by atoms with van der Waals surface area (Å²) in [6.07, 6.45) is 0. The second-order valence-electron chi connectivity index (χ2n) is 5.94. The lowest BCUT2D eigenvalue weighted by Gasteiger charge is -2.07. The van der Waals surface area contributed by atoms with Crippen LogP contribution in [0.15, 0.2) is 54.6 Å². The Hall–Kier alpha value is -2.79. The van der Waals surface area contributed by atoms with Crippen LogP contribution in [-0.4, -0.2) is 14.5 Å². The fraction of sp³-hybridized carbons (Fsp3) is 0.100. The molecule has 2 aromatic carbocycles. The first kappa shape index (κ1) is 14.5. The zero-order chi connectivity index (χ0) is 17.0. The van der Waals surface area contributed by atoms with Gasteiger partial charge in [-0.3, -0.25) is 0 Å². The van der Waals surface area contributed by atoms with E-state index < -0.39 is 5.95 Å². The Morgan fingerprint density at radius 2 is 1.84 bits per heavy atom. The van der Waals surface area contributed by atoms with E-state index in [0.29, 0.717) is 0 Å². The number of halogens is 1. The molecule has 0 aliphatic heterocycles. The molecule has 0 aliphatic rings. The smallest absolute Gasteiger partial charge is 0.214 e. The van der Waals surface area contributed by atoms with Gasteiger partial charge in [0.25, 0.3) is 0 Å². The van der Waals surface area contributed by atoms with Crippen LogP contribution < -0.4 is 0 Å². The second-order valence-corrected chi connectivity index (χ2v) is 6.94. The highest BCUT2D eigenvalue weighted by Gasteiger charge is 2.16. The molecule has 0 unspecified atom stereocenters. The third-order valence-electron chi connectivity index (χ3n) is 4.54. The molecule has 3 heterocycles. The number of hydrogen-bond donors (Lipinski definition) is 0. The highest BCUT2D eigenvalue weighted by atomic mass is 32.1. The van der Waals surface area contributed by atoms with Crippen molar-refractivity contribution in [3.8, 4) is 11.4 Å². The first-order valence-electron chi connectivity index (χ1n) is 8.19. The van der Waals surface area contributed by atoms with Crippen LogP contribution in [0.3, 0.4) is 0 Å². The number of fused-ring (bicyclic) bond motifs is 4. The zero-order valence-corrected chi connectivity index (χ0v) is 14.3. The van der Waals surface area contributed by atoms with Gasteiger partial charge in [-0.1, -0.05) is 24.3 Å². The monoisotopic (exact) mass is 347 g/mol. The number of rotatable bonds is 2. The van der Waals surface area contributed by atoms with Crippen LogP contribution in [0.5, 0.6) is 0 Å². The number of benzene rings is 2. The van der Waals surface area contributed by atoms with E-state index in [2.05, 4.69) is 34.7 Å². The lowest BCUT2D eigenvalue weighted by Crippen LogP contribution is -1.97. The van der Waals surface area contributed by atoms with Crippen molar-refractivity contribution in [3.05, 3.63) is 60.5 Å². The van der Waals surface area contributed by atoms with Crippen molar-refractivity contribution in [1.29, 1.82) is 0 Å². The number of aromatic nitrogens is 3. The minimum Gasteiger partial charge on any atom is -0.324 e. The normalized spacial score (nSPS) is 11.8. The summed E-state index contributed by atoms with van der Waals surface area (Å²) in [6.45, 7) is 2.96. The number of aryl methyl sites for hydroxylation is 1. The molecule has 5 heteroatoms. The van der Waals surface area contributed by atoms with Crippen molar-refractivity contribution in [3.63, 3.8) is 0 Å². The minimum absolute atomic E-state index is 0.443. The quantitative estimate of drug-likeness (QED) is 0.388. The van der Waals surface area contributed by atoms with Gasteiger partial charge in [-0.25, -0.2) is 9.97 Å². The highest BCUT2D eigenvalue weighted by molar-refractivity contribution is 7.26. The number of thiophene rings is 1. The molecule has 0 amide bonds. The topological polar surface area (TPSA) is 30.7 Å². The summed E-state index contributed by atoms with van der Waals surface area (Å²) in [5, 5.41) is 2.09. The molecule has 3 nitrogen and oxygen atoms in total. The Morgan fingerprint density at radius 3 is 2.72 bits per heavy atom. The van der Waals surface area contributed by atoms with Crippen molar-refractivity contribution in [2.45, 2.75) is 13.5 Å². The largest absolute Gasteiger partial charge is 0.324 e. The maximum atomic E-state index is 13.5. The van der Waals surface area contributed by atoms with E-state index in [4.69, 9.17) is 4.98 Å². The highest BCUT2D eigenvalue weighted by Crippen LogP contribution is 2.39. The minimum atomic E-state index is -0.443. The summed E-state index contributed by atoms with van der Waals surface area (Å²) in [5.41, 5.74) is 3.18. The van der Waals surface area contributed by atoms with E-state index in [9.17, 15) is 4.39 Å². The van der Waals surface area contributed by atoms with Crippen molar-refractivity contribution in [2.75, 3.05) is 0 Å². The number of hydrogen-bond acceptors (Lipinski definition) is 3. The summed E-state index contributed by atoms with van der Waals surface area (Å²) < 4.78 is 16.8. The lowest BCUT2D eigenvalue weighted by molar-refractivity contribution is 0.590. The van der Waals surface area contributed by atoms with E-state index >= 15 is 0 Å². The fourth-order valence-corrected chi connectivity index (χ4v) is 4.61. The Bertz CT molecular complexity index is 1250. The number of para-hydroxylation sites is 2. The maximum absolute atomic E-state index is 13.5. The van der Waals surface area contributed by atoms with Gasteiger partial charge in [-0.2, -0.15) is 4.39 Å². The third-order valence-corrected chi connectivity index (χ3v) is 5.69. The molecule has 5 aromatic rings. The summed E-state index contributed by atoms with van der Waals surface area (Å²) >= 11 is 1.52. The zero-order valence-electron chi connectivity index (χ0n) is 13.5. The van der Waals surface area contributed by atoms with E-state index in [-0.39, 0.29) is 0 Å². The molecule has 25 heavy (non-hydrogen) atoms. The Labute approximate surface area is 147 Å². The number of pyridine rings is 1. The Balaban J connectivity index is 1.88. The van der Waals surface area contributed by atoms with Gasteiger partial charge in [0.2, 0.25) is 5.95 Å². The molecule has 3 aromatic heterocycles. The van der Waals surface area contributed by atoms with E-state index in [1.54, 1.807) is 0 Å². The number of nitrogens with zero attached hydrogens (tertiary/aromatic N) is 3. The molecule has 0 N–H and O–H groups in total. The summed E-state index contributed by atoms with van der Waals surface area (Å²) in [4.78, 5) is 9.65. The van der Waals surface area contributed by atoms with Crippen molar-refractivity contribution in [1.82, 2.24) is 14.5 Å². The fourth-order valence-electron chi connectivity index (χ4n) is 3.43. The molecule has 0 bridgehead atoms. The summed E-state index contributed by atoms with van der Waals surface area (Å²) in [5.74, 6) is 0.503. The molecule has 0 atom stereocenters. The van der Waals surface area contributed by atoms with E-state index in [1.165, 1.54) is 17.4 Å². The average Bonchev–Trinajstić information content (AvgIpc) is 3.18. The first-order valence-corrected chi connectivity index (χ1v) is 9.01. The van der Waals surface area contributed by atoms with Gasteiger partial charge < -0.3 is 4.57 Å². The molecule has 0 radical (unpaired) electrons. The molecular formula is C20H14FN3S. The van der Waals surface area contributed by atoms with Gasteiger partial charge >= 0.3 is 0 Å². The van der Waals surface area contributed by atoms with Crippen LogP contribution in [-0.2, 0) is 6.54 Å². The first-order chi connectivity index (χ1) is 12.3. The molecule has 0 saturated heterocycles. The van der Waals surface area contributed by atoms with Crippen LogP contribution in [0, 0.1) is 5.95 Å². The standard InChI is InChI=1S/C20H14FN3S/c1-2-24-16-9-4-3-8-15(16)22-19(24)14-7-5-6-12-13-10-11-17(21)23-20(13)25-18(12)14/h3-11H,2H2,1H3. The predicted octanol–water partition coefficient (Wildman–Crippen LogP) is 5.63. The van der Waals surface area contributed by atoms with E-state index in [0.717, 1.165) is 49.3 Å². The molecule has 5 rings (SSSR count). The Kier molecular flexibility index (Phi) is 3.12. The lowest BCUT2D eigenvalue weighted by atomic mass is 10.1. The van der Waals surface area contributed by atoms with Gasteiger partial charge in [-0.05, 0) is 37.3 Å². The molecule has 0 aliphatic carbocycles. The van der Waals surface area contributed by atoms with Crippen LogP contribution in [0.1, 0.15) is 6.92 Å². The average molecular weight is 347 g/mol. The van der Waals surface area contributed by atoms with Gasteiger partial charge in [-0.15, -0.1) is 11.3 Å². The van der Waals surface area contributed by atoms with Gasteiger partial charge in [0.15, 0.2) is 0 Å². The van der Waals surface area contributed by atoms with Gasteiger partial charge in [0.05, 0.1) is 11.0 Å². The van der Waals surface area contributed by atoms with Crippen molar-refractivity contribution in [2.24, 2.45) is 0 Å². The van der Waals surface area contributed by atoms with Crippen molar-refractivity contribution >= 4 is 42.7 Å². The van der Waals surface area contributed by atoms with Crippen LogP contribution in [0.2, 0.25) is 0 Å². The molecule has 122 valence electrons. The maximum Gasteiger partial charge on any atom is 0.214 e. The molecular weight excluding hydrogens is 333 g/mol. The molecule has 0 fully saturated rings. The van der Waals surface area contributed by atoms with Crippen molar-refractivity contribution < 1.29 is 4.39 Å². The summed E-state index contributed by atoms with van der Waals surface area (Å²) in [7, 11) is 0. The SMILES string of the molecule is CCn1c(-c2cccc3c2sc2nc(F)ccc23)nc2ccccc21. The molecule has 0 spiro atoms. The van der Waals surface area contributed by atoms with Gasteiger partial charge in [0, 0.05) is 27.6 Å². The molecule has 0 saturated carbocycles. The van der Waals surface area contributed by atoms with Crippen LogP contribution in [0.4, 0.5) is 4.39 Å². The Morgan fingerprint density at radius 1 is 0.960 bits per heavy atom.